The van der Waals surface area contributed by atoms with Crippen molar-refractivity contribution >= 4 is 11.2 Å². The van der Waals surface area contributed by atoms with Gasteiger partial charge in [0.1, 0.15) is 11.3 Å². The van der Waals surface area contributed by atoms with Crippen molar-refractivity contribution in [1.29, 1.82) is 0 Å². The summed E-state index contributed by atoms with van der Waals surface area (Å²) in [6, 6.07) is 8.93. The van der Waals surface area contributed by atoms with E-state index < -0.39 is 0 Å². The Morgan fingerprint density at radius 3 is 2.83 bits per heavy atom. The van der Waals surface area contributed by atoms with Gasteiger partial charge in [0, 0.05) is 12.3 Å². The van der Waals surface area contributed by atoms with Crippen molar-refractivity contribution < 1.29 is 0 Å². The number of nitrogens with zero attached hydrogens (tertiary/aromatic N) is 5. The van der Waals surface area contributed by atoms with Crippen LogP contribution in [0.25, 0.3) is 22.6 Å². The molecule has 0 amide bonds. The standard InChI is InChI=1S/C17H15N5O/c1-3-12-15-8-14(20-22(15)10-11(2)18-12)13-9-17(23)21-7-5-4-6-16(21)19-13/h4-10H,3H2,1-2H3. The van der Waals surface area contributed by atoms with Crippen LogP contribution in [0.1, 0.15) is 18.3 Å². The largest absolute Gasteiger partial charge is 0.269 e. The predicted molar refractivity (Wildman–Crippen MR) is 87.6 cm³/mol. The lowest BCUT2D eigenvalue weighted by atomic mass is 10.2. The Labute approximate surface area is 132 Å². The Kier molecular flexibility index (Phi) is 2.97. The van der Waals surface area contributed by atoms with Gasteiger partial charge in [-0.3, -0.25) is 14.2 Å². The number of rotatable bonds is 2. The fourth-order valence-electron chi connectivity index (χ4n) is 2.75. The molecule has 0 spiro atoms. The van der Waals surface area contributed by atoms with Crippen LogP contribution in [0.3, 0.4) is 0 Å². The van der Waals surface area contributed by atoms with E-state index in [-0.39, 0.29) is 5.56 Å². The molecule has 4 heterocycles. The first kappa shape index (κ1) is 13.6. The molecule has 0 radical (unpaired) electrons. The average molecular weight is 305 g/mol. The molecule has 0 N–H and O–H groups in total. The maximum Gasteiger partial charge on any atom is 0.258 e. The van der Waals surface area contributed by atoms with Crippen LogP contribution in [0.4, 0.5) is 0 Å². The third-order valence-electron chi connectivity index (χ3n) is 3.82. The fraction of sp³-hybridized carbons (Fsp3) is 0.176. The first-order valence-corrected chi connectivity index (χ1v) is 7.50. The summed E-state index contributed by atoms with van der Waals surface area (Å²) in [4.78, 5) is 21.3. The van der Waals surface area contributed by atoms with Gasteiger partial charge in [0.05, 0.1) is 28.8 Å². The lowest BCUT2D eigenvalue weighted by Crippen LogP contribution is -2.13. The predicted octanol–water partition coefficient (Wildman–Crippen LogP) is 2.28. The molecule has 23 heavy (non-hydrogen) atoms. The third kappa shape index (κ3) is 2.19. The van der Waals surface area contributed by atoms with Crippen LogP contribution in [-0.4, -0.2) is 24.0 Å². The SMILES string of the molecule is CCc1nc(C)cn2nc(-c3cc(=O)n4ccccc4n3)cc12. The maximum atomic E-state index is 12.2. The van der Waals surface area contributed by atoms with E-state index in [1.54, 1.807) is 6.20 Å². The Morgan fingerprint density at radius 1 is 1.13 bits per heavy atom. The monoisotopic (exact) mass is 305 g/mol. The molecular formula is C17H15N5O. The smallest absolute Gasteiger partial charge is 0.258 e. The van der Waals surface area contributed by atoms with Crippen molar-refractivity contribution in [2.75, 3.05) is 0 Å². The summed E-state index contributed by atoms with van der Waals surface area (Å²) in [6.45, 7) is 4.01. The molecule has 0 unspecified atom stereocenters. The Balaban J connectivity index is 1.97. The minimum Gasteiger partial charge on any atom is -0.269 e. The second-order valence-corrected chi connectivity index (χ2v) is 5.45. The van der Waals surface area contributed by atoms with Crippen molar-refractivity contribution in [2.45, 2.75) is 20.3 Å². The first-order valence-electron chi connectivity index (χ1n) is 7.50. The lowest BCUT2D eigenvalue weighted by molar-refractivity contribution is 0.893. The van der Waals surface area contributed by atoms with Gasteiger partial charge in [-0.25, -0.2) is 9.50 Å². The summed E-state index contributed by atoms with van der Waals surface area (Å²) in [7, 11) is 0. The molecule has 0 saturated heterocycles. The van der Waals surface area contributed by atoms with E-state index in [2.05, 4.69) is 22.0 Å². The van der Waals surface area contributed by atoms with Gasteiger partial charge in [-0.05, 0) is 31.5 Å². The molecule has 0 bridgehead atoms. The molecule has 6 heteroatoms. The van der Waals surface area contributed by atoms with E-state index >= 15 is 0 Å². The molecule has 114 valence electrons. The highest BCUT2D eigenvalue weighted by atomic mass is 16.1. The molecule has 4 aromatic rings. The van der Waals surface area contributed by atoms with E-state index in [1.165, 1.54) is 10.5 Å². The summed E-state index contributed by atoms with van der Waals surface area (Å²) in [6.07, 6.45) is 4.41. The topological polar surface area (TPSA) is 64.6 Å². The van der Waals surface area contributed by atoms with E-state index in [0.717, 1.165) is 23.3 Å². The number of hydrogen-bond donors (Lipinski definition) is 0. The highest BCUT2D eigenvalue weighted by molar-refractivity contribution is 5.66. The van der Waals surface area contributed by atoms with E-state index in [9.17, 15) is 4.79 Å². The molecule has 0 aliphatic carbocycles. The number of hydrogen-bond acceptors (Lipinski definition) is 4. The quantitative estimate of drug-likeness (QED) is 0.570. The zero-order chi connectivity index (χ0) is 16.0. The average Bonchev–Trinajstić information content (AvgIpc) is 2.98. The molecule has 0 aromatic carbocycles. The normalized spacial score (nSPS) is 11.4. The molecule has 0 aliphatic heterocycles. The molecule has 4 aromatic heterocycles. The molecule has 0 saturated carbocycles. The maximum absolute atomic E-state index is 12.2. The van der Waals surface area contributed by atoms with Crippen LogP contribution in [0.5, 0.6) is 0 Å². The number of aromatic nitrogens is 5. The van der Waals surface area contributed by atoms with Crippen LogP contribution < -0.4 is 5.56 Å². The fourth-order valence-corrected chi connectivity index (χ4v) is 2.75. The Morgan fingerprint density at radius 2 is 2.00 bits per heavy atom. The zero-order valence-electron chi connectivity index (χ0n) is 12.9. The van der Waals surface area contributed by atoms with Gasteiger partial charge in [0.15, 0.2) is 0 Å². The first-order chi connectivity index (χ1) is 11.2. The summed E-state index contributed by atoms with van der Waals surface area (Å²) in [5.74, 6) is 0. The van der Waals surface area contributed by atoms with Gasteiger partial charge >= 0.3 is 0 Å². The van der Waals surface area contributed by atoms with Gasteiger partial charge in [0.25, 0.3) is 5.56 Å². The minimum absolute atomic E-state index is 0.118. The Bertz CT molecular complexity index is 1090. The van der Waals surface area contributed by atoms with Crippen LogP contribution in [0.2, 0.25) is 0 Å². The Hall–Kier alpha value is -3.02. The van der Waals surface area contributed by atoms with Crippen LogP contribution in [0.15, 0.2) is 47.5 Å². The highest BCUT2D eigenvalue weighted by Crippen LogP contribution is 2.19. The zero-order valence-corrected chi connectivity index (χ0v) is 12.9. The van der Waals surface area contributed by atoms with Crippen molar-refractivity contribution in [2.24, 2.45) is 0 Å². The lowest BCUT2D eigenvalue weighted by Gasteiger charge is -2.01. The van der Waals surface area contributed by atoms with Crippen molar-refractivity contribution in [1.82, 2.24) is 24.0 Å². The van der Waals surface area contributed by atoms with Crippen LogP contribution >= 0.6 is 0 Å². The van der Waals surface area contributed by atoms with Gasteiger partial charge in [-0.2, -0.15) is 5.10 Å². The van der Waals surface area contributed by atoms with Gasteiger partial charge in [-0.15, -0.1) is 0 Å². The molecule has 4 rings (SSSR count). The van der Waals surface area contributed by atoms with Crippen LogP contribution in [-0.2, 0) is 6.42 Å². The second-order valence-electron chi connectivity index (χ2n) is 5.45. The van der Waals surface area contributed by atoms with Gasteiger partial charge < -0.3 is 0 Å². The van der Waals surface area contributed by atoms with Crippen molar-refractivity contribution in [3.63, 3.8) is 0 Å². The number of pyridine rings is 1. The summed E-state index contributed by atoms with van der Waals surface area (Å²) >= 11 is 0. The summed E-state index contributed by atoms with van der Waals surface area (Å²) < 4.78 is 3.33. The summed E-state index contributed by atoms with van der Waals surface area (Å²) in [5, 5.41) is 4.57. The molecule has 0 atom stereocenters. The summed E-state index contributed by atoms with van der Waals surface area (Å²) in [5.41, 5.74) is 4.59. The minimum atomic E-state index is -0.118. The van der Waals surface area contributed by atoms with Gasteiger partial charge in [-0.1, -0.05) is 13.0 Å². The number of aryl methyl sites for hydroxylation is 2. The van der Waals surface area contributed by atoms with E-state index in [0.29, 0.717) is 17.0 Å². The van der Waals surface area contributed by atoms with Gasteiger partial charge in [0.2, 0.25) is 0 Å². The van der Waals surface area contributed by atoms with Crippen molar-refractivity contribution in [3.8, 4) is 11.4 Å². The molecule has 0 aliphatic rings. The third-order valence-corrected chi connectivity index (χ3v) is 3.82. The molecule has 6 nitrogen and oxygen atoms in total. The van der Waals surface area contributed by atoms with E-state index in [1.807, 2.05) is 41.9 Å². The molecular weight excluding hydrogens is 290 g/mol. The molecule has 0 fully saturated rings. The van der Waals surface area contributed by atoms with Crippen LogP contribution in [0, 0.1) is 6.92 Å². The second kappa shape index (κ2) is 5.01. The number of fused-ring (bicyclic) bond motifs is 2. The van der Waals surface area contributed by atoms with Crippen molar-refractivity contribution in [3.05, 3.63) is 64.5 Å². The van der Waals surface area contributed by atoms with E-state index in [4.69, 9.17) is 0 Å². The highest BCUT2D eigenvalue weighted by Gasteiger charge is 2.12.